The van der Waals surface area contributed by atoms with Crippen LogP contribution in [0.5, 0.6) is 0 Å². The van der Waals surface area contributed by atoms with E-state index in [0.29, 0.717) is 13.8 Å². The Morgan fingerprint density at radius 3 is 1.11 bits per heavy atom. The Morgan fingerprint density at radius 2 is 0.821 bits per heavy atom. The van der Waals surface area contributed by atoms with Gasteiger partial charge in [-0.3, -0.25) is 0 Å². The van der Waals surface area contributed by atoms with E-state index in [9.17, 15) is 48.3 Å². The topological polar surface area (TPSA) is 0 Å². The van der Waals surface area contributed by atoms with Gasteiger partial charge in [-0.15, -0.1) is 0 Å². The summed E-state index contributed by atoms with van der Waals surface area (Å²) in [5.74, 6) is -11.1. The third kappa shape index (κ3) is 3.38. The lowest BCUT2D eigenvalue weighted by Crippen LogP contribution is -2.75. The molecule has 0 aromatic rings. The quantitative estimate of drug-likeness (QED) is 0.343. The second kappa shape index (κ2) is 6.89. The van der Waals surface area contributed by atoms with Crippen LogP contribution in [0.4, 0.5) is 48.3 Å². The van der Waals surface area contributed by atoms with Crippen LogP contribution in [0.1, 0.15) is 61.3 Å². The lowest BCUT2D eigenvalue weighted by atomic mass is 9.65. The van der Waals surface area contributed by atoms with Crippen molar-refractivity contribution in [2.24, 2.45) is 5.41 Å². The first-order valence-corrected chi connectivity index (χ1v) is 8.39. The van der Waals surface area contributed by atoms with Crippen LogP contribution in [0.25, 0.3) is 0 Å². The Kier molecular flexibility index (Phi) is 6.70. The van der Waals surface area contributed by atoms with Crippen LogP contribution in [-0.4, -0.2) is 40.7 Å². The standard InChI is InChI=1S/C17H25F11/c1-8-9-10(2,3)15(22,23)14(7,21)16(24,25)12(5,19)11(4,18)13(6,20)17(26,27)28/h8-9H2,1-7H3. The maximum Gasteiger partial charge on any atom is 0.425 e. The molecule has 0 heterocycles. The Labute approximate surface area is 156 Å². The van der Waals surface area contributed by atoms with Crippen LogP contribution in [0, 0.1) is 5.41 Å². The molecule has 11 heteroatoms. The number of hydrogen-bond donors (Lipinski definition) is 0. The molecule has 4 unspecified atom stereocenters. The maximum absolute atomic E-state index is 14.9. The molecular formula is C17H25F11. The lowest BCUT2D eigenvalue weighted by molar-refractivity contribution is -0.353. The van der Waals surface area contributed by atoms with E-state index in [4.69, 9.17) is 0 Å². The molecule has 0 aliphatic rings. The average Bonchev–Trinajstić information content (AvgIpc) is 2.44. The molecule has 0 amide bonds. The third-order valence-corrected chi connectivity index (χ3v) is 5.79. The minimum absolute atomic E-state index is 0.0193. The van der Waals surface area contributed by atoms with E-state index in [0.717, 1.165) is 0 Å². The molecule has 0 saturated carbocycles. The molecule has 0 aliphatic heterocycles. The van der Waals surface area contributed by atoms with Gasteiger partial charge in [0.15, 0.2) is 5.67 Å². The highest BCUT2D eigenvalue weighted by Gasteiger charge is 2.84. The van der Waals surface area contributed by atoms with Gasteiger partial charge in [0.1, 0.15) is 0 Å². The Hall–Kier alpha value is -0.770. The second-order valence-corrected chi connectivity index (χ2v) is 8.29. The zero-order valence-electron chi connectivity index (χ0n) is 16.6. The molecule has 0 aromatic heterocycles. The van der Waals surface area contributed by atoms with Crippen molar-refractivity contribution >= 4 is 0 Å². The van der Waals surface area contributed by atoms with E-state index in [2.05, 4.69) is 0 Å². The highest BCUT2D eigenvalue weighted by molar-refractivity contribution is 5.21. The molecule has 4 atom stereocenters. The fraction of sp³-hybridized carbons (Fsp3) is 1.00. The van der Waals surface area contributed by atoms with Crippen molar-refractivity contribution < 1.29 is 48.3 Å². The minimum Gasteiger partial charge on any atom is -0.236 e. The highest BCUT2D eigenvalue weighted by Crippen LogP contribution is 2.62. The Bertz CT molecular complexity index is 554. The third-order valence-electron chi connectivity index (χ3n) is 5.79. The van der Waals surface area contributed by atoms with Crippen LogP contribution >= 0.6 is 0 Å². The molecule has 0 radical (unpaired) electrons. The van der Waals surface area contributed by atoms with Gasteiger partial charge in [-0.2, -0.15) is 22.0 Å². The van der Waals surface area contributed by atoms with Gasteiger partial charge in [-0.1, -0.05) is 27.2 Å². The summed E-state index contributed by atoms with van der Waals surface area (Å²) in [6, 6.07) is 0. The van der Waals surface area contributed by atoms with Crippen molar-refractivity contribution in [2.75, 3.05) is 0 Å². The normalized spacial score (nSPS) is 23.4. The minimum atomic E-state index is -6.18. The van der Waals surface area contributed by atoms with Crippen molar-refractivity contribution in [2.45, 2.75) is 102 Å². The molecule has 28 heavy (non-hydrogen) atoms. The monoisotopic (exact) mass is 438 g/mol. The summed E-state index contributed by atoms with van der Waals surface area (Å²) in [5, 5.41) is 0. The van der Waals surface area contributed by atoms with Crippen LogP contribution in [0.3, 0.4) is 0 Å². The van der Waals surface area contributed by atoms with Crippen LogP contribution in [-0.2, 0) is 0 Å². The molecule has 0 bridgehead atoms. The average molecular weight is 438 g/mol. The molecule has 0 aromatic carbocycles. The zero-order chi connectivity index (χ0) is 23.4. The number of halogens is 11. The van der Waals surface area contributed by atoms with Gasteiger partial charge in [0.2, 0.25) is 17.0 Å². The van der Waals surface area contributed by atoms with Crippen LogP contribution in [0.2, 0.25) is 0 Å². The number of rotatable bonds is 8. The molecule has 0 rings (SSSR count). The second-order valence-electron chi connectivity index (χ2n) is 8.29. The molecule has 0 spiro atoms. The fourth-order valence-electron chi connectivity index (χ4n) is 3.06. The molecule has 0 nitrogen and oxygen atoms in total. The molecule has 170 valence electrons. The van der Waals surface area contributed by atoms with Gasteiger partial charge in [-0.25, -0.2) is 26.3 Å². The summed E-state index contributed by atoms with van der Waals surface area (Å²) < 4.78 is 155. The van der Waals surface area contributed by atoms with Crippen molar-refractivity contribution in [3.63, 3.8) is 0 Å². The Balaban J connectivity index is 6.63. The summed E-state index contributed by atoms with van der Waals surface area (Å²) in [6.45, 7) is 0.725. The molecular weight excluding hydrogens is 413 g/mol. The van der Waals surface area contributed by atoms with E-state index in [1.54, 1.807) is 0 Å². The van der Waals surface area contributed by atoms with E-state index < -0.39 is 80.2 Å². The van der Waals surface area contributed by atoms with Crippen molar-refractivity contribution in [3.8, 4) is 0 Å². The van der Waals surface area contributed by atoms with Gasteiger partial charge in [0, 0.05) is 5.41 Å². The summed E-state index contributed by atoms with van der Waals surface area (Å²) in [4.78, 5) is 0. The SMILES string of the molecule is CCCC(C)(C)C(F)(F)C(C)(F)C(F)(F)C(C)(F)C(C)(F)C(C)(F)C(F)(F)F. The van der Waals surface area contributed by atoms with Gasteiger partial charge in [0.05, 0.1) is 0 Å². The highest BCUT2D eigenvalue weighted by atomic mass is 19.4. The van der Waals surface area contributed by atoms with E-state index in [1.165, 1.54) is 6.92 Å². The van der Waals surface area contributed by atoms with Gasteiger partial charge in [0.25, 0.3) is 5.92 Å². The van der Waals surface area contributed by atoms with E-state index >= 15 is 0 Å². The zero-order valence-corrected chi connectivity index (χ0v) is 16.6. The maximum atomic E-state index is 14.9. The van der Waals surface area contributed by atoms with E-state index in [1.807, 2.05) is 0 Å². The first-order valence-electron chi connectivity index (χ1n) is 8.39. The number of hydrogen-bond acceptors (Lipinski definition) is 0. The summed E-state index contributed by atoms with van der Waals surface area (Å²) >= 11 is 0. The fourth-order valence-corrected chi connectivity index (χ4v) is 3.06. The largest absolute Gasteiger partial charge is 0.425 e. The van der Waals surface area contributed by atoms with Crippen molar-refractivity contribution in [3.05, 3.63) is 0 Å². The van der Waals surface area contributed by atoms with Crippen molar-refractivity contribution in [1.29, 1.82) is 0 Å². The summed E-state index contributed by atoms with van der Waals surface area (Å²) in [5.41, 5.74) is -23.3. The van der Waals surface area contributed by atoms with Crippen molar-refractivity contribution in [1.82, 2.24) is 0 Å². The predicted octanol–water partition coefficient (Wildman–Crippen LogP) is 7.56. The van der Waals surface area contributed by atoms with Gasteiger partial charge < -0.3 is 0 Å². The molecule has 0 fully saturated rings. The molecule has 0 N–H and O–H groups in total. The molecule has 0 saturated heterocycles. The smallest absolute Gasteiger partial charge is 0.236 e. The summed E-state index contributed by atoms with van der Waals surface area (Å²) in [7, 11) is 0. The number of alkyl halides is 11. The van der Waals surface area contributed by atoms with Gasteiger partial charge in [-0.05, 0) is 34.1 Å². The first-order chi connectivity index (χ1) is 11.8. The van der Waals surface area contributed by atoms with E-state index in [-0.39, 0.29) is 6.42 Å². The summed E-state index contributed by atoms with van der Waals surface area (Å²) in [6.07, 6.45) is -6.72. The van der Waals surface area contributed by atoms with Gasteiger partial charge >= 0.3 is 12.1 Å². The lowest BCUT2D eigenvalue weighted by Gasteiger charge is -2.52. The first kappa shape index (κ1) is 27.2. The Morgan fingerprint density at radius 1 is 0.464 bits per heavy atom. The van der Waals surface area contributed by atoms with Crippen LogP contribution < -0.4 is 0 Å². The molecule has 0 aliphatic carbocycles. The predicted molar refractivity (Wildman–Crippen MR) is 82.7 cm³/mol. The van der Waals surface area contributed by atoms with Crippen LogP contribution in [0.15, 0.2) is 0 Å².